The van der Waals surface area contributed by atoms with Gasteiger partial charge in [-0.3, -0.25) is 25.3 Å². The van der Waals surface area contributed by atoms with Gasteiger partial charge in [0.25, 0.3) is 5.69 Å². The van der Waals surface area contributed by atoms with E-state index in [2.05, 4.69) is 10.4 Å². The minimum atomic E-state index is -0.494. The van der Waals surface area contributed by atoms with E-state index in [0.29, 0.717) is 5.84 Å². The van der Waals surface area contributed by atoms with Gasteiger partial charge in [-0.25, -0.2) is 0 Å². The van der Waals surface area contributed by atoms with E-state index in [9.17, 15) is 10.1 Å². The summed E-state index contributed by atoms with van der Waals surface area (Å²) < 4.78 is 5.38. The molecule has 0 saturated heterocycles. The number of nitrogens with zero attached hydrogens (tertiary/aromatic N) is 2. The monoisotopic (exact) mass is 267 g/mol. The Balaban J connectivity index is 1.82. The second-order valence-corrected chi connectivity index (χ2v) is 4.26. The number of hydrogen-bond acceptors (Lipinski definition) is 5. The third-order valence-corrected chi connectivity index (χ3v) is 2.95. The van der Waals surface area contributed by atoms with Gasteiger partial charge < -0.3 is 0 Å². The lowest BCUT2D eigenvalue weighted by atomic mass is 9.75. The summed E-state index contributed by atoms with van der Waals surface area (Å²) in [6.45, 7) is 0. The molecule has 1 N–H and O–H groups in total. The Bertz CT molecular complexity index is 658. The summed E-state index contributed by atoms with van der Waals surface area (Å²) in [5.74, 6) is 0.647. The van der Waals surface area contributed by atoms with E-state index in [0.717, 1.165) is 11.0 Å². The zero-order valence-electron chi connectivity index (χ0n) is 10.4. The summed E-state index contributed by atoms with van der Waals surface area (Å²) in [7, 11) is -0.494. The van der Waals surface area contributed by atoms with Crippen molar-refractivity contribution in [3.8, 4) is 0 Å². The van der Waals surface area contributed by atoms with Crippen molar-refractivity contribution in [3.05, 3.63) is 70.3 Å². The van der Waals surface area contributed by atoms with Gasteiger partial charge in [-0.2, -0.15) is 0 Å². The molecule has 0 saturated carbocycles. The first-order valence-corrected chi connectivity index (χ1v) is 6.03. The Morgan fingerprint density at radius 3 is 2.45 bits per heavy atom. The van der Waals surface area contributed by atoms with Gasteiger partial charge in [-0.1, -0.05) is 42.5 Å². The second kappa shape index (κ2) is 5.14. The number of amidine groups is 1. The molecular weight excluding hydrogens is 257 g/mol. The zero-order chi connectivity index (χ0) is 13.9. The predicted molar refractivity (Wildman–Crippen MR) is 75.7 cm³/mol. The summed E-state index contributed by atoms with van der Waals surface area (Å²) in [5, 5.41) is 10.6. The molecule has 1 aliphatic heterocycles. The molecule has 0 amide bonds. The van der Waals surface area contributed by atoms with Gasteiger partial charge >= 0.3 is 7.05 Å². The van der Waals surface area contributed by atoms with Crippen LogP contribution in [0, 0.1) is 10.1 Å². The lowest BCUT2D eigenvalue weighted by Gasteiger charge is -2.01. The van der Waals surface area contributed by atoms with Crippen LogP contribution in [-0.4, -0.2) is 17.8 Å². The molecule has 0 aromatic heterocycles. The smallest absolute Gasteiger partial charge is 0.300 e. The van der Waals surface area contributed by atoms with E-state index in [1.165, 1.54) is 12.1 Å². The molecule has 0 fully saturated rings. The Kier molecular flexibility index (Phi) is 3.18. The van der Waals surface area contributed by atoms with Gasteiger partial charge in [0, 0.05) is 17.7 Å². The van der Waals surface area contributed by atoms with E-state index in [-0.39, 0.29) is 5.69 Å². The molecule has 7 heteroatoms. The summed E-state index contributed by atoms with van der Waals surface area (Å²) in [4.78, 5) is 14.6. The summed E-state index contributed by atoms with van der Waals surface area (Å²) in [6, 6.07) is 15.8. The number of hydrogen-bond donors (Lipinski definition) is 1. The first-order chi connectivity index (χ1) is 9.74. The molecule has 0 radical (unpaired) electrons. The van der Waals surface area contributed by atoms with Crippen LogP contribution in [-0.2, 0) is 4.76 Å². The van der Waals surface area contributed by atoms with E-state index in [1.807, 2.05) is 30.3 Å². The third kappa shape index (κ3) is 2.39. The number of nitro benzene ring substituents is 1. The molecule has 6 nitrogen and oxygen atoms in total. The van der Waals surface area contributed by atoms with Gasteiger partial charge in [-0.15, -0.1) is 0 Å². The normalized spacial score (nSPS) is 13.8. The number of rotatable bonds is 3. The van der Waals surface area contributed by atoms with E-state index in [1.54, 1.807) is 12.1 Å². The Labute approximate surface area is 115 Å². The number of hydroxylamine groups is 1. The van der Waals surface area contributed by atoms with Crippen molar-refractivity contribution in [3.63, 3.8) is 0 Å². The van der Waals surface area contributed by atoms with Crippen molar-refractivity contribution in [2.24, 2.45) is 4.90 Å². The molecular formula is C13H10BN3O3. The molecule has 0 aliphatic carbocycles. The van der Waals surface area contributed by atoms with Crippen LogP contribution < -0.4 is 10.9 Å². The molecule has 0 unspecified atom stereocenters. The first-order valence-electron chi connectivity index (χ1n) is 6.03. The van der Waals surface area contributed by atoms with Crippen LogP contribution >= 0.6 is 0 Å². The Hall–Kier alpha value is -2.67. The zero-order valence-corrected chi connectivity index (χ0v) is 10.4. The van der Waals surface area contributed by atoms with Crippen LogP contribution in [0.5, 0.6) is 0 Å². The quantitative estimate of drug-likeness (QED) is 0.516. The summed E-state index contributed by atoms with van der Waals surface area (Å²) in [6.07, 6.45) is 0. The highest BCUT2D eigenvalue weighted by molar-refractivity contribution is 6.68. The van der Waals surface area contributed by atoms with Crippen molar-refractivity contribution in [1.82, 2.24) is 5.48 Å². The molecule has 3 rings (SSSR count). The van der Waals surface area contributed by atoms with Crippen LogP contribution in [0.4, 0.5) is 5.69 Å². The largest absolute Gasteiger partial charge is 0.496 e. The van der Waals surface area contributed by atoms with Crippen LogP contribution in [0.2, 0.25) is 0 Å². The molecule has 1 heterocycles. The van der Waals surface area contributed by atoms with Crippen LogP contribution in [0.1, 0.15) is 5.56 Å². The fourth-order valence-electron chi connectivity index (χ4n) is 1.91. The fourth-order valence-corrected chi connectivity index (χ4v) is 1.91. The van der Waals surface area contributed by atoms with Crippen molar-refractivity contribution >= 4 is 24.0 Å². The lowest BCUT2D eigenvalue weighted by Crippen LogP contribution is -2.31. The van der Waals surface area contributed by atoms with E-state index in [4.69, 9.17) is 4.76 Å². The van der Waals surface area contributed by atoms with Crippen LogP contribution in [0.15, 0.2) is 59.5 Å². The summed E-state index contributed by atoms with van der Waals surface area (Å²) in [5.41, 5.74) is 4.51. The predicted octanol–water partition coefficient (Wildman–Crippen LogP) is 1.27. The molecule has 0 spiro atoms. The lowest BCUT2D eigenvalue weighted by molar-refractivity contribution is -0.384. The maximum absolute atomic E-state index is 10.6. The average molecular weight is 267 g/mol. The average Bonchev–Trinajstić information content (AvgIpc) is 2.98. The van der Waals surface area contributed by atoms with Gasteiger partial charge in [0.15, 0.2) is 0 Å². The third-order valence-electron chi connectivity index (χ3n) is 2.95. The van der Waals surface area contributed by atoms with Crippen LogP contribution in [0.25, 0.3) is 0 Å². The maximum Gasteiger partial charge on any atom is 0.496 e. The molecule has 1 aliphatic rings. The summed E-state index contributed by atoms with van der Waals surface area (Å²) >= 11 is 0. The van der Waals surface area contributed by atoms with Gasteiger partial charge in [0.2, 0.25) is 0 Å². The standard InChI is InChI=1S/C13H10BN3O3/c18-17(19)12-8-6-11(7-9-12)14-15-13(16-20-14)10-4-2-1-3-5-10/h1-9H,(H,15,16). The minimum Gasteiger partial charge on any atom is -0.300 e. The molecule has 2 aromatic carbocycles. The second-order valence-electron chi connectivity index (χ2n) is 4.26. The molecule has 0 bridgehead atoms. The highest BCUT2D eigenvalue weighted by Gasteiger charge is 2.27. The number of nitrogens with one attached hydrogen (secondary N) is 1. The Morgan fingerprint density at radius 1 is 1.10 bits per heavy atom. The van der Waals surface area contributed by atoms with E-state index >= 15 is 0 Å². The van der Waals surface area contributed by atoms with Crippen molar-refractivity contribution < 1.29 is 9.68 Å². The molecule has 2 aromatic rings. The highest BCUT2D eigenvalue weighted by atomic mass is 16.6. The van der Waals surface area contributed by atoms with E-state index < -0.39 is 12.0 Å². The van der Waals surface area contributed by atoms with Crippen molar-refractivity contribution in [2.75, 3.05) is 0 Å². The number of nitro groups is 1. The maximum atomic E-state index is 10.6. The van der Waals surface area contributed by atoms with Crippen molar-refractivity contribution in [2.45, 2.75) is 0 Å². The number of non-ortho nitro benzene ring substituents is 1. The highest BCUT2D eigenvalue weighted by Crippen LogP contribution is 2.10. The fraction of sp³-hybridized carbons (Fsp3) is 0. The molecule has 20 heavy (non-hydrogen) atoms. The first kappa shape index (κ1) is 12.4. The van der Waals surface area contributed by atoms with Gasteiger partial charge in [0.05, 0.1) is 4.92 Å². The van der Waals surface area contributed by atoms with Gasteiger partial charge in [0.1, 0.15) is 5.84 Å². The van der Waals surface area contributed by atoms with Gasteiger partial charge in [-0.05, 0) is 5.46 Å². The van der Waals surface area contributed by atoms with Crippen molar-refractivity contribution in [1.29, 1.82) is 0 Å². The minimum absolute atomic E-state index is 0.0481. The SMILES string of the molecule is O=[N+]([O-])c1ccc(B2N=C(c3ccccc3)NO2)cc1. The number of benzene rings is 2. The van der Waals surface area contributed by atoms with Crippen LogP contribution in [0.3, 0.4) is 0 Å². The molecule has 0 atom stereocenters. The Morgan fingerprint density at radius 2 is 1.80 bits per heavy atom. The topological polar surface area (TPSA) is 76.8 Å². The molecule has 98 valence electrons.